The van der Waals surface area contributed by atoms with E-state index in [0.29, 0.717) is 11.1 Å². The number of phenolic OH excluding ortho intramolecular Hbond substituents is 3. The van der Waals surface area contributed by atoms with E-state index < -0.39 is 21.1 Å². The lowest BCUT2D eigenvalue weighted by Gasteiger charge is -2.14. The maximum Gasteiger partial charge on any atom is 0.268 e. The molecular weight excluding hydrogens is 428 g/mol. The molecule has 31 heavy (non-hydrogen) atoms. The first-order valence-electron chi connectivity index (χ1n) is 9.47. The van der Waals surface area contributed by atoms with Gasteiger partial charge in [-0.2, -0.15) is 8.42 Å². The summed E-state index contributed by atoms with van der Waals surface area (Å²) >= 11 is 0. The number of hydrogen-bond donors (Lipinski definition) is 4. The van der Waals surface area contributed by atoms with E-state index in [0.717, 1.165) is 0 Å². The van der Waals surface area contributed by atoms with Gasteiger partial charge in [0.25, 0.3) is 10.1 Å². The van der Waals surface area contributed by atoms with Gasteiger partial charge in [-0.05, 0) is 54.7 Å². The second-order valence-corrected chi connectivity index (χ2v) is 8.79. The van der Waals surface area contributed by atoms with Gasteiger partial charge in [0.15, 0.2) is 23.0 Å². The van der Waals surface area contributed by atoms with E-state index in [4.69, 9.17) is 9.47 Å². The van der Waals surface area contributed by atoms with Crippen LogP contribution >= 0.6 is 0 Å². The van der Waals surface area contributed by atoms with Crippen LogP contribution in [0.15, 0.2) is 30.3 Å². The van der Waals surface area contributed by atoms with Gasteiger partial charge in [0.2, 0.25) is 5.75 Å². The monoisotopic (exact) mass is 454 g/mol. The van der Waals surface area contributed by atoms with Gasteiger partial charge in [-0.1, -0.05) is 6.07 Å². The van der Waals surface area contributed by atoms with Gasteiger partial charge < -0.3 is 24.8 Å². The number of ketones is 1. The first-order chi connectivity index (χ1) is 14.5. The van der Waals surface area contributed by atoms with Crippen molar-refractivity contribution in [2.24, 2.45) is 0 Å². The average molecular weight is 454 g/mol. The highest BCUT2D eigenvalue weighted by atomic mass is 32.2. The van der Waals surface area contributed by atoms with Gasteiger partial charge in [-0.15, -0.1) is 0 Å². The predicted octanol–water partition coefficient (Wildman–Crippen LogP) is 2.60. The molecule has 0 aliphatic rings. The molecule has 2 aromatic rings. The number of Topliss-reactive ketones (excluding diaryl/α,β-unsaturated/α-hetero) is 1. The molecule has 1 atom stereocenters. The van der Waals surface area contributed by atoms with Gasteiger partial charge in [-0.3, -0.25) is 9.35 Å². The van der Waals surface area contributed by atoms with E-state index in [1.165, 1.54) is 32.4 Å². The second kappa shape index (κ2) is 10.4. The molecule has 0 aliphatic carbocycles. The standard InChI is InChI=1S/C21H26O9S/c1-29-19-10-13(5-8-17(19)23)4-7-16(31(26,27)28)12-15(22)6-3-14-9-18(24)21(25)20(11-14)30-2/h5,8-11,16,23-25H,3-4,6-7,12H2,1-2H3,(H,26,27,28). The van der Waals surface area contributed by atoms with Crippen LogP contribution in [0.3, 0.4) is 0 Å². The lowest BCUT2D eigenvalue weighted by Crippen LogP contribution is -2.25. The number of hydrogen-bond acceptors (Lipinski definition) is 8. The zero-order chi connectivity index (χ0) is 23.2. The Labute approximate surface area is 180 Å². The predicted molar refractivity (Wildman–Crippen MR) is 113 cm³/mol. The molecule has 1 unspecified atom stereocenters. The number of methoxy groups -OCH3 is 2. The van der Waals surface area contributed by atoms with Crippen molar-refractivity contribution in [2.75, 3.05) is 14.2 Å². The molecule has 2 rings (SSSR count). The summed E-state index contributed by atoms with van der Waals surface area (Å²) in [5.74, 6) is -0.925. The molecule has 0 saturated heterocycles. The molecular formula is C21H26O9S. The molecule has 0 bridgehead atoms. The SMILES string of the molecule is COc1cc(CCC(CC(=O)CCc2cc(O)c(O)c(OC)c2)S(=O)(=O)O)ccc1O. The van der Waals surface area contributed by atoms with E-state index in [1.807, 2.05) is 0 Å². The number of benzene rings is 2. The number of aromatic hydroxyl groups is 3. The van der Waals surface area contributed by atoms with Crippen molar-refractivity contribution in [3.63, 3.8) is 0 Å². The minimum absolute atomic E-state index is 0.00627. The van der Waals surface area contributed by atoms with Crippen molar-refractivity contribution >= 4 is 15.9 Å². The third-order valence-corrected chi connectivity index (χ3v) is 6.15. The normalized spacial score (nSPS) is 12.4. The summed E-state index contributed by atoms with van der Waals surface area (Å²) in [7, 11) is -1.74. The molecule has 0 fully saturated rings. The zero-order valence-electron chi connectivity index (χ0n) is 17.2. The van der Waals surface area contributed by atoms with E-state index in [9.17, 15) is 33.1 Å². The second-order valence-electron chi connectivity index (χ2n) is 7.09. The van der Waals surface area contributed by atoms with Crippen LogP contribution in [0.1, 0.15) is 30.4 Å². The van der Waals surface area contributed by atoms with Gasteiger partial charge in [0.05, 0.1) is 19.5 Å². The summed E-state index contributed by atoms with van der Waals surface area (Å²) in [5.41, 5.74) is 1.21. The van der Waals surface area contributed by atoms with Crippen LogP contribution in [0.4, 0.5) is 0 Å². The van der Waals surface area contributed by atoms with Crippen LogP contribution in [-0.4, -0.2) is 53.5 Å². The molecule has 0 aromatic heterocycles. The highest BCUT2D eigenvalue weighted by Crippen LogP contribution is 2.36. The molecule has 4 N–H and O–H groups in total. The van der Waals surface area contributed by atoms with E-state index in [-0.39, 0.29) is 60.9 Å². The minimum Gasteiger partial charge on any atom is -0.504 e. The topological polar surface area (TPSA) is 151 Å². The molecule has 0 radical (unpaired) electrons. The number of phenols is 3. The summed E-state index contributed by atoms with van der Waals surface area (Å²) < 4.78 is 43.0. The van der Waals surface area contributed by atoms with Crippen LogP contribution < -0.4 is 9.47 Å². The Morgan fingerprint density at radius 3 is 2.19 bits per heavy atom. The highest BCUT2D eigenvalue weighted by Gasteiger charge is 2.26. The van der Waals surface area contributed by atoms with Crippen molar-refractivity contribution < 1.29 is 42.6 Å². The summed E-state index contributed by atoms with van der Waals surface area (Å²) in [6.45, 7) is 0. The van der Waals surface area contributed by atoms with Crippen LogP contribution in [0.2, 0.25) is 0 Å². The van der Waals surface area contributed by atoms with Gasteiger partial charge >= 0.3 is 0 Å². The Morgan fingerprint density at radius 1 is 0.935 bits per heavy atom. The molecule has 9 nitrogen and oxygen atoms in total. The number of ether oxygens (including phenoxy) is 2. The van der Waals surface area contributed by atoms with Crippen molar-refractivity contribution in [2.45, 2.75) is 37.4 Å². The lowest BCUT2D eigenvalue weighted by molar-refractivity contribution is -0.119. The Bertz CT molecular complexity index is 1030. The average Bonchev–Trinajstić information content (AvgIpc) is 2.71. The number of aryl methyl sites for hydroxylation is 2. The van der Waals surface area contributed by atoms with Crippen molar-refractivity contribution in [1.29, 1.82) is 0 Å². The summed E-state index contributed by atoms with van der Waals surface area (Å²) in [4.78, 5) is 12.4. The number of rotatable bonds is 11. The van der Waals surface area contributed by atoms with Gasteiger partial charge in [0, 0.05) is 12.8 Å². The Balaban J connectivity index is 2.01. The summed E-state index contributed by atoms with van der Waals surface area (Å²) in [6.07, 6.45) is 0.0573. The Hall–Kier alpha value is -2.98. The molecule has 10 heteroatoms. The number of carbonyl (C=O) groups is 1. The summed E-state index contributed by atoms with van der Waals surface area (Å²) in [5, 5.41) is 27.7. The molecule has 0 spiro atoms. The third kappa shape index (κ3) is 6.76. The van der Waals surface area contributed by atoms with Crippen LogP contribution in [0, 0.1) is 0 Å². The van der Waals surface area contributed by atoms with Crippen LogP contribution in [-0.2, 0) is 27.8 Å². The van der Waals surface area contributed by atoms with E-state index in [2.05, 4.69) is 0 Å². The maximum atomic E-state index is 12.4. The first-order valence-corrected chi connectivity index (χ1v) is 11.0. The van der Waals surface area contributed by atoms with Crippen LogP contribution in [0.5, 0.6) is 28.7 Å². The molecule has 2 aromatic carbocycles. The fraction of sp³-hybridized carbons (Fsp3) is 0.381. The van der Waals surface area contributed by atoms with Crippen molar-refractivity contribution in [3.05, 3.63) is 41.5 Å². The van der Waals surface area contributed by atoms with E-state index in [1.54, 1.807) is 12.1 Å². The Morgan fingerprint density at radius 2 is 1.58 bits per heavy atom. The fourth-order valence-electron chi connectivity index (χ4n) is 3.15. The lowest BCUT2D eigenvalue weighted by atomic mass is 10.0. The maximum absolute atomic E-state index is 12.4. The third-order valence-electron chi connectivity index (χ3n) is 4.90. The molecule has 0 amide bonds. The first kappa shape index (κ1) is 24.3. The highest BCUT2D eigenvalue weighted by molar-refractivity contribution is 7.86. The molecule has 0 saturated carbocycles. The summed E-state index contributed by atoms with van der Waals surface area (Å²) in [6, 6.07) is 7.35. The largest absolute Gasteiger partial charge is 0.504 e. The molecule has 0 aliphatic heterocycles. The quantitative estimate of drug-likeness (QED) is 0.297. The minimum atomic E-state index is -4.45. The smallest absolute Gasteiger partial charge is 0.268 e. The Kier molecular flexibility index (Phi) is 8.12. The van der Waals surface area contributed by atoms with Gasteiger partial charge in [0.1, 0.15) is 5.78 Å². The number of carbonyl (C=O) groups excluding carboxylic acids is 1. The molecule has 170 valence electrons. The van der Waals surface area contributed by atoms with Crippen molar-refractivity contribution in [1.82, 2.24) is 0 Å². The zero-order valence-corrected chi connectivity index (χ0v) is 18.1. The molecule has 0 heterocycles. The van der Waals surface area contributed by atoms with Crippen molar-refractivity contribution in [3.8, 4) is 28.7 Å². The van der Waals surface area contributed by atoms with E-state index >= 15 is 0 Å². The van der Waals surface area contributed by atoms with Crippen LogP contribution in [0.25, 0.3) is 0 Å². The van der Waals surface area contributed by atoms with Gasteiger partial charge in [-0.25, -0.2) is 0 Å². The fourth-order valence-corrected chi connectivity index (χ4v) is 3.96.